The molecule has 0 aromatic rings. The van der Waals surface area contributed by atoms with Crippen molar-refractivity contribution in [1.82, 2.24) is 0 Å². The van der Waals surface area contributed by atoms with Crippen LogP contribution in [-0.2, 0) is 0 Å². The Morgan fingerprint density at radius 3 is 2.73 bits per heavy atom. The zero-order valence-corrected chi connectivity index (χ0v) is 6.61. The number of hydrogen-bond acceptors (Lipinski definition) is 1. The maximum atomic E-state index is 9.63. The van der Waals surface area contributed by atoms with Crippen molar-refractivity contribution in [2.24, 2.45) is 23.7 Å². The highest BCUT2D eigenvalue weighted by atomic mass is 16.3. The third-order valence-corrected chi connectivity index (χ3v) is 3.97. The van der Waals surface area contributed by atoms with Gasteiger partial charge in [0.15, 0.2) is 0 Å². The Bertz CT molecular complexity index is 209. The Balaban J connectivity index is 1.96. The largest absolute Gasteiger partial charge is 0.389 e. The summed E-state index contributed by atoms with van der Waals surface area (Å²) in [6.45, 7) is 0. The zero-order chi connectivity index (χ0) is 7.42. The molecule has 0 radical (unpaired) electrons. The Morgan fingerprint density at radius 2 is 1.91 bits per heavy atom. The van der Waals surface area contributed by atoms with Gasteiger partial charge in [-0.3, -0.25) is 0 Å². The van der Waals surface area contributed by atoms with Gasteiger partial charge in [-0.05, 0) is 42.9 Å². The van der Waals surface area contributed by atoms with E-state index in [0.29, 0.717) is 5.92 Å². The minimum absolute atomic E-state index is 0.102. The van der Waals surface area contributed by atoms with Crippen LogP contribution in [0.3, 0.4) is 0 Å². The predicted octanol–water partition coefficient (Wildman–Crippen LogP) is 1.58. The SMILES string of the molecule is O[C@@H]1C=C[C@H]2[C@@H]3CC[C@@H](C3)[C@@H]21. The monoisotopic (exact) mass is 150 g/mol. The lowest BCUT2D eigenvalue weighted by atomic mass is 9.80. The van der Waals surface area contributed by atoms with E-state index in [1.54, 1.807) is 0 Å². The summed E-state index contributed by atoms with van der Waals surface area (Å²) >= 11 is 0. The van der Waals surface area contributed by atoms with Gasteiger partial charge in [-0.1, -0.05) is 12.2 Å². The average molecular weight is 150 g/mol. The molecule has 2 fully saturated rings. The van der Waals surface area contributed by atoms with Gasteiger partial charge in [0, 0.05) is 0 Å². The molecule has 0 aliphatic heterocycles. The van der Waals surface area contributed by atoms with Gasteiger partial charge in [-0.15, -0.1) is 0 Å². The molecule has 0 aromatic heterocycles. The smallest absolute Gasteiger partial charge is 0.0757 e. The molecule has 0 aromatic carbocycles. The summed E-state index contributed by atoms with van der Waals surface area (Å²) in [4.78, 5) is 0. The first kappa shape index (κ1) is 6.24. The summed E-state index contributed by atoms with van der Waals surface area (Å²) < 4.78 is 0. The van der Waals surface area contributed by atoms with Crippen molar-refractivity contribution in [3.05, 3.63) is 12.2 Å². The van der Waals surface area contributed by atoms with Crippen LogP contribution in [0.1, 0.15) is 19.3 Å². The van der Waals surface area contributed by atoms with Crippen molar-refractivity contribution in [2.45, 2.75) is 25.4 Å². The first-order valence-corrected chi connectivity index (χ1v) is 4.72. The quantitative estimate of drug-likeness (QED) is 0.520. The van der Waals surface area contributed by atoms with E-state index in [0.717, 1.165) is 17.8 Å². The molecule has 2 saturated carbocycles. The van der Waals surface area contributed by atoms with Gasteiger partial charge in [0.2, 0.25) is 0 Å². The van der Waals surface area contributed by atoms with Crippen molar-refractivity contribution in [3.63, 3.8) is 0 Å². The summed E-state index contributed by atoms with van der Waals surface area (Å²) in [5.41, 5.74) is 0. The summed E-state index contributed by atoms with van der Waals surface area (Å²) in [7, 11) is 0. The number of fused-ring (bicyclic) bond motifs is 5. The fourth-order valence-corrected chi connectivity index (χ4v) is 3.54. The van der Waals surface area contributed by atoms with Crippen LogP contribution in [0.4, 0.5) is 0 Å². The van der Waals surface area contributed by atoms with Crippen molar-refractivity contribution in [2.75, 3.05) is 0 Å². The van der Waals surface area contributed by atoms with E-state index in [1.807, 2.05) is 6.08 Å². The Kier molecular flexibility index (Phi) is 1.07. The van der Waals surface area contributed by atoms with Crippen molar-refractivity contribution < 1.29 is 5.11 Å². The molecule has 0 spiro atoms. The third kappa shape index (κ3) is 0.652. The van der Waals surface area contributed by atoms with Gasteiger partial charge < -0.3 is 5.11 Å². The molecule has 0 heterocycles. The van der Waals surface area contributed by atoms with Crippen LogP contribution >= 0.6 is 0 Å². The molecular formula is C10H14O. The number of rotatable bonds is 0. The van der Waals surface area contributed by atoms with Crippen LogP contribution in [-0.4, -0.2) is 11.2 Å². The molecule has 1 heteroatoms. The minimum Gasteiger partial charge on any atom is -0.389 e. The van der Waals surface area contributed by atoms with Crippen LogP contribution in [0.25, 0.3) is 0 Å². The highest BCUT2D eigenvalue weighted by Crippen LogP contribution is 2.56. The topological polar surface area (TPSA) is 20.2 Å². The van der Waals surface area contributed by atoms with E-state index in [4.69, 9.17) is 0 Å². The number of allylic oxidation sites excluding steroid dienone is 1. The van der Waals surface area contributed by atoms with Crippen molar-refractivity contribution >= 4 is 0 Å². The number of hydrogen-bond donors (Lipinski definition) is 1. The molecular weight excluding hydrogens is 136 g/mol. The second-order valence-corrected chi connectivity index (χ2v) is 4.36. The van der Waals surface area contributed by atoms with Crippen molar-refractivity contribution in [1.29, 1.82) is 0 Å². The normalized spacial score (nSPS) is 58.8. The summed E-state index contributed by atoms with van der Waals surface area (Å²) in [6, 6.07) is 0. The molecule has 60 valence electrons. The lowest BCUT2D eigenvalue weighted by Gasteiger charge is -2.26. The lowest BCUT2D eigenvalue weighted by molar-refractivity contribution is 0.105. The van der Waals surface area contributed by atoms with Crippen molar-refractivity contribution in [3.8, 4) is 0 Å². The van der Waals surface area contributed by atoms with Crippen LogP contribution in [0.2, 0.25) is 0 Å². The van der Waals surface area contributed by atoms with E-state index < -0.39 is 0 Å². The first-order valence-electron chi connectivity index (χ1n) is 4.72. The maximum Gasteiger partial charge on any atom is 0.0757 e. The number of aliphatic hydroxyl groups is 1. The van der Waals surface area contributed by atoms with Gasteiger partial charge in [0.05, 0.1) is 6.10 Å². The summed E-state index contributed by atoms with van der Waals surface area (Å²) in [5, 5.41) is 9.63. The first-order chi connectivity index (χ1) is 5.36. The Labute approximate surface area is 67.1 Å². The van der Waals surface area contributed by atoms with E-state index in [-0.39, 0.29) is 6.10 Å². The predicted molar refractivity (Wildman–Crippen MR) is 43.0 cm³/mol. The molecule has 3 rings (SSSR count). The van der Waals surface area contributed by atoms with E-state index in [9.17, 15) is 5.11 Å². The molecule has 0 unspecified atom stereocenters. The summed E-state index contributed by atoms with van der Waals surface area (Å²) in [5.74, 6) is 3.16. The second kappa shape index (κ2) is 1.89. The molecule has 5 atom stereocenters. The fraction of sp³-hybridized carbons (Fsp3) is 0.800. The molecule has 3 aliphatic rings. The zero-order valence-electron chi connectivity index (χ0n) is 6.61. The molecule has 2 bridgehead atoms. The molecule has 11 heavy (non-hydrogen) atoms. The average Bonchev–Trinajstić information content (AvgIpc) is 2.60. The third-order valence-electron chi connectivity index (χ3n) is 3.97. The molecule has 0 amide bonds. The van der Waals surface area contributed by atoms with Crippen LogP contribution < -0.4 is 0 Å². The summed E-state index contributed by atoms with van der Waals surface area (Å²) in [6.07, 6.45) is 8.37. The minimum atomic E-state index is -0.102. The van der Waals surface area contributed by atoms with Crippen LogP contribution in [0, 0.1) is 23.7 Å². The van der Waals surface area contributed by atoms with E-state index in [1.165, 1.54) is 19.3 Å². The molecule has 1 N–H and O–H groups in total. The number of aliphatic hydroxyl groups excluding tert-OH is 1. The van der Waals surface area contributed by atoms with Crippen LogP contribution in [0.5, 0.6) is 0 Å². The van der Waals surface area contributed by atoms with Gasteiger partial charge in [-0.25, -0.2) is 0 Å². The molecule has 0 saturated heterocycles. The fourth-order valence-electron chi connectivity index (χ4n) is 3.54. The highest BCUT2D eigenvalue weighted by molar-refractivity contribution is 5.16. The van der Waals surface area contributed by atoms with E-state index in [2.05, 4.69) is 6.08 Å². The lowest BCUT2D eigenvalue weighted by Crippen LogP contribution is -2.25. The van der Waals surface area contributed by atoms with E-state index >= 15 is 0 Å². The van der Waals surface area contributed by atoms with Gasteiger partial charge in [-0.2, -0.15) is 0 Å². The van der Waals surface area contributed by atoms with Gasteiger partial charge in [0.1, 0.15) is 0 Å². The van der Waals surface area contributed by atoms with Gasteiger partial charge in [0.25, 0.3) is 0 Å². The Hall–Kier alpha value is -0.300. The maximum absolute atomic E-state index is 9.63. The van der Waals surface area contributed by atoms with Crippen LogP contribution in [0.15, 0.2) is 12.2 Å². The Morgan fingerprint density at radius 1 is 1.09 bits per heavy atom. The standard InChI is InChI=1S/C10H14O/c11-9-4-3-8-6-1-2-7(5-6)10(8)9/h3-4,6-11H,1-2,5H2/t6-,7+,8+,9-,10+/m1/s1. The second-order valence-electron chi connectivity index (χ2n) is 4.36. The molecule has 3 aliphatic carbocycles. The molecule has 1 nitrogen and oxygen atoms in total. The van der Waals surface area contributed by atoms with Gasteiger partial charge >= 0.3 is 0 Å². The highest BCUT2D eigenvalue weighted by Gasteiger charge is 2.50.